The van der Waals surface area contributed by atoms with Crippen LogP contribution in [-0.2, 0) is 6.54 Å². The fraction of sp³-hybridized carbons (Fsp3) is 0.375. The third-order valence-corrected chi connectivity index (χ3v) is 3.07. The van der Waals surface area contributed by atoms with Crippen LogP contribution < -0.4 is 5.32 Å². The molecule has 0 saturated heterocycles. The molecule has 2 aromatic rings. The molecule has 1 heterocycles. The molecule has 0 bridgehead atoms. The first-order chi connectivity index (χ1) is 9.11. The number of nitrogens with one attached hydrogen (secondary N) is 1. The number of furan rings is 1. The second-order valence-corrected chi connectivity index (χ2v) is 4.88. The largest absolute Gasteiger partial charge is 0.460 e. The van der Waals surface area contributed by atoms with Crippen molar-refractivity contribution in [2.24, 2.45) is 0 Å². The zero-order valence-corrected chi connectivity index (χ0v) is 11.7. The number of hydrogen-bond acceptors (Lipinski definition) is 2. The molecular formula is C16H20FNO. The summed E-state index contributed by atoms with van der Waals surface area (Å²) in [5, 5.41) is 3.27. The average Bonchev–Trinajstić information content (AvgIpc) is 2.76. The smallest absolute Gasteiger partial charge is 0.137 e. The van der Waals surface area contributed by atoms with Crippen molar-refractivity contribution in [3.63, 3.8) is 0 Å². The van der Waals surface area contributed by atoms with Crippen LogP contribution in [-0.4, -0.2) is 6.54 Å². The zero-order chi connectivity index (χ0) is 13.8. The number of hydrogen-bond donors (Lipinski definition) is 1. The molecular weight excluding hydrogens is 241 g/mol. The molecule has 102 valence electrons. The van der Waals surface area contributed by atoms with Crippen LogP contribution in [0.1, 0.15) is 30.2 Å². The van der Waals surface area contributed by atoms with Crippen LogP contribution in [0.5, 0.6) is 0 Å². The van der Waals surface area contributed by atoms with Crippen LogP contribution >= 0.6 is 0 Å². The van der Waals surface area contributed by atoms with Crippen molar-refractivity contribution in [3.05, 3.63) is 47.0 Å². The first kappa shape index (κ1) is 13.8. The quantitative estimate of drug-likeness (QED) is 0.816. The van der Waals surface area contributed by atoms with E-state index >= 15 is 0 Å². The third-order valence-electron chi connectivity index (χ3n) is 3.07. The highest BCUT2D eigenvalue weighted by atomic mass is 19.1. The maximum absolute atomic E-state index is 14.0. The summed E-state index contributed by atoms with van der Waals surface area (Å²) in [6.07, 6.45) is 1.08. The Hall–Kier alpha value is -1.61. The first-order valence-electron chi connectivity index (χ1n) is 6.68. The Labute approximate surface area is 113 Å². The Bertz CT molecular complexity index is 537. The Kier molecular flexibility index (Phi) is 4.38. The van der Waals surface area contributed by atoms with E-state index in [1.807, 2.05) is 32.0 Å². The fourth-order valence-electron chi connectivity index (χ4n) is 2.22. The number of aryl methyl sites for hydroxylation is 2. The van der Waals surface area contributed by atoms with Gasteiger partial charge in [0.2, 0.25) is 0 Å². The Morgan fingerprint density at radius 2 is 2.00 bits per heavy atom. The predicted molar refractivity (Wildman–Crippen MR) is 75.6 cm³/mol. The minimum Gasteiger partial charge on any atom is -0.460 e. The molecule has 0 atom stereocenters. The molecule has 1 aromatic carbocycles. The second-order valence-electron chi connectivity index (χ2n) is 4.88. The highest BCUT2D eigenvalue weighted by Crippen LogP contribution is 2.29. The summed E-state index contributed by atoms with van der Waals surface area (Å²) >= 11 is 0. The van der Waals surface area contributed by atoms with Crippen LogP contribution in [0.25, 0.3) is 11.3 Å². The van der Waals surface area contributed by atoms with Crippen LogP contribution in [0.15, 0.2) is 28.7 Å². The van der Waals surface area contributed by atoms with Gasteiger partial charge in [-0.15, -0.1) is 0 Å². The highest BCUT2D eigenvalue weighted by molar-refractivity contribution is 5.63. The lowest BCUT2D eigenvalue weighted by molar-refractivity contribution is 0.490. The summed E-state index contributed by atoms with van der Waals surface area (Å²) in [7, 11) is 0. The molecule has 0 aliphatic carbocycles. The molecule has 1 aromatic heterocycles. The lowest BCUT2D eigenvalue weighted by Gasteiger charge is -2.06. The minimum absolute atomic E-state index is 0.222. The van der Waals surface area contributed by atoms with Crippen LogP contribution in [0.4, 0.5) is 4.39 Å². The molecule has 1 N–H and O–H groups in total. The van der Waals surface area contributed by atoms with Crippen LogP contribution in [0.3, 0.4) is 0 Å². The Balaban J connectivity index is 2.23. The topological polar surface area (TPSA) is 25.2 Å². The van der Waals surface area contributed by atoms with Crippen molar-refractivity contribution >= 4 is 0 Å². The van der Waals surface area contributed by atoms with E-state index in [2.05, 4.69) is 12.2 Å². The number of benzene rings is 1. The van der Waals surface area contributed by atoms with Crippen molar-refractivity contribution in [2.45, 2.75) is 33.7 Å². The van der Waals surface area contributed by atoms with Gasteiger partial charge >= 0.3 is 0 Å². The molecule has 0 saturated carbocycles. The van der Waals surface area contributed by atoms with Crippen molar-refractivity contribution in [2.75, 3.05) is 6.54 Å². The van der Waals surface area contributed by atoms with Gasteiger partial charge in [0.1, 0.15) is 17.3 Å². The SMILES string of the molecule is CCCNCc1ccc(-c2c(C)cc(C)cc2F)o1. The first-order valence-corrected chi connectivity index (χ1v) is 6.68. The van der Waals surface area contributed by atoms with Crippen molar-refractivity contribution in [3.8, 4) is 11.3 Å². The zero-order valence-electron chi connectivity index (χ0n) is 11.7. The van der Waals surface area contributed by atoms with Gasteiger partial charge in [-0.3, -0.25) is 0 Å². The number of rotatable bonds is 5. The second kappa shape index (κ2) is 6.02. The van der Waals surface area contributed by atoms with Crippen molar-refractivity contribution < 1.29 is 8.81 Å². The van der Waals surface area contributed by atoms with Gasteiger partial charge in [0.05, 0.1) is 12.1 Å². The Morgan fingerprint density at radius 3 is 2.68 bits per heavy atom. The molecule has 0 spiro atoms. The van der Waals surface area contributed by atoms with Crippen molar-refractivity contribution in [1.29, 1.82) is 0 Å². The van der Waals surface area contributed by atoms with Crippen LogP contribution in [0, 0.1) is 19.7 Å². The van der Waals surface area contributed by atoms with Gasteiger partial charge in [-0.2, -0.15) is 0 Å². The van der Waals surface area contributed by atoms with Gasteiger partial charge in [0.15, 0.2) is 0 Å². The molecule has 0 aliphatic heterocycles. The lowest BCUT2D eigenvalue weighted by Crippen LogP contribution is -2.12. The van der Waals surface area contributed by atoms with E-state index < -0.39 is 0 Å². The molecule has 3 heteroatoms. The van der Waals surface area contributed by atoms with Gasteiger partial charge in [0, 0.05) is 0 Å². The molecule has 0 amide bonds. The average molecular weight is 261 g/mol. The normalized spacial score (nSPS) is 10.9. The third kappa shape index (κ3) is 3.24. The van der Waals surface area contributed by atoms with Gasteiger partial charge in [-0.05, 0) is 56.1 Å². The van der Waals surface area contributed by atoms with E-state index in [-0.39, 0.29) is 5.82 Å². The summed E-state index contributed by atoms with van der Waals surface area (Å²) < 4.78 is 19.8. The lowest BCUT2D eigenvalue weighted by atomic mass is 10.0. The molecule has 0 aliphatic rings. The van der Waals surface area contributed by atoms with E-state index in [0.717, 1.165) is 29.9 Å². The van der Waals surface area contributed by atoms with Crippen molar-refractivity contribution in [1.82, 2.24) is 5.32 Å². The number of halogens is 1. The van der Waals surface area contributed by atoms with Gasteiger partial charge < -0.3 is 9.73 Å². The maximum Gasteiger partial charge on any atom is 0.137 e. The van der Waals surface area contributed by atoms with E-state index in [1.54, 1.807) is 6.07 Å². The summed E-state index contributed by atoms with van der Waals surface area (Å²) in [4.78, 5) is 0. The van der Waals surface area contributed by atoms with E-state index in [9.17, 15) is 4.39 Å². The standard InChI is InChI=1S/C16H20FNO/c1-4-7-18-10-13-5-6-15(19-13)16-12(3)8-11(2)9-14(16)17/h5-6,8-9,18H,4,7,10H2,1-3H3. The summed E-state index contributed by atoms with van der Waals surface area (Å²) in [6.45, 7) is 7.55. The van der Waals surface area contributed by atoms with E-state index in [0.29, 0.717) is 17.9 Å². The van der Waals surface area contributed by atoms with Gasteiger partial charge in [-0.25, -0.2) is 4.39 Å². The highest BCUT2D eigenvalue weighted by Gasteiger charge is 2.13. The molecule has 0 fully saturated rings. The molecule has 0 unspecified atom stereocenters. The monoisotopic (exact) mass is 261 g/mol. The van der Waals surface area contributed by atoms with Gasteiger partial charge in [-0.1, -0.05) is 13.0 Å². The summed E-state index contributed by atoms with van der Waals surface area (Å²) in [6, 6.07) is 7.25. The Morgan fingerprint density at radius 1 is 1.21 bits per heavy atom. The molecule has 2 nitrogen and oxygen atoms in total. The molecule has 2 rings (SSSR count). The summed E-state index contributed by atoms with van der Waals surface area (Å²) in [5.41, 5.74) is 2.39. The van der Waals surface area contributed by atoms with Gasteiger partial charge in [0.25, 0.3) is 0 Å². The van der Waals surface area contributed by atoms with E-state index in [1.165, 1.54) is 0 Å². The van der Waals surface area contributed by atoms with Crippen LogP contribution in [0.2, 0.25) is 0 Å². The predicted octanol–water partition coefficient (Wildman–Crippen LogP) is 4.20. The van der Waals surface area contributed by atoms with E-state index in [4.69, 9.17) is 4.42 Å². The molecule has 0 radical (unpaired) electrons. The fourth-order valence-corrected chi connectivity index (χ4v) is 2.22. The molecule has 19 heavy (non-hydrogen) atoms. The maximum atomic E-state index is 14.0. The summed E-state index contributed by atoms with van der Waals surface area (Å²) in [5.74, 6) is 1.21. The minimum atomic E-state index is -0.222.